The lowest BCUT2D eigenvalue weighted by atomic mass is 10.1. The SMILES string of the molecule is Cc1cncc(Cn2ccc3cccc(CO)c32)c1. The molecule has 0 radical (unpaired) electrons. The van der Waals surface area contributed by atoms with Gasteiger partial charge in [0.15, 0.2) is 0 Å². The normalized spacial score (nSPS) is 11.1. The number of rotatable bonds is 3. The van der Waals surface area contributed by atoms with Crippen molar-refractivity contribution in [2.24, 2.45) is 0 Å². The number of hydrogen-bond acceptors (Lipinski definition) is 2. The number of aryl methyl sites for hydroxylation is 1. The molecule has 96 valence electrons. The lowest BCUT2D eigenvalue weighted by Crippen LogP contribution is -2.01. The number of hydrogen-bond donors (Lipinski definition) is 1. The number of aliphatic hydroxyl groups is 1. The average Bonchev–Trinajstić information content (AvgIpc) is 2.82. The summed E-state index contributed by atoms with van der Waals surface area (Å²) in [7, 11) is 0. The molecule has 0 amide bonds. The van der Waals surface area contributed by atoms with E-state index in [2.05, 4.69) is 33.9 Å². The molecule has 3 heteroatoms. The van der Waals surface area contributed by atoms with Crippen LogP contribution in [-0.2, 0) is 13.2 Å². The summed E-state index contributed by atoms with van der Waals surface area (Å²) in [6.07, 6.45) is 5.81. The molecule has 0 saturated carbocycles. The van der Waals surface area contributed by atoms with Crippen LogP contribution in [0, 0.1) is 6.92 Å². The van der Waals surface area contributed by atoms with Crippen molar-refractivity contribution in [3.8, 4) is 0 Å². The molecule has 0 bridgehead atoms. The van der Waals surface area contributed by atoms with Gasteiger partial charge in [-0.25, -0.2) is 0 Å². The minimum atomic E-state index is 0.0629. The summed E-state index contributed by atoms with van der Waals surface area (Å²) in [5.74, 6) is 0. The highest BCUT2D eigenvalue weighted by atomic mass is 16.3. The first-order chi connectivity index (χ1) is 9.28. The Bertz CT molecular complexity index is 716. The molecular weight excluding hydrogens is 236 g/mol. The van der Waals surface area contributed by atoms with E-state index in [9.17, 15) is 5.11 Å². The lowest BCUT2D eigenvalue weighted by Gasteiger charge is -2.09. The molecule has 3 rings (SSSR count). The van der Waals surface area contributed by atoms with Gasteiger partial charge < -0.3 is 9.67 Å². The van der Waals surface area contributed by atoms with E-state index in [1.807, 2.05) is 31.5 Å². The highest BCUT2D eigenvalue weighted by Crippen LogP contribution is 2.21. The molecule has 2 heterocycles. The Labute approximate surface area is 112 Å². The van der Waals surface area contributed by atoms with Crippen molar-refractivity contribution in [1.82, 2.24) is 9.55 Å². The zero-order valence-electron chi connectivity index (χ0n) is 10.9. The molecule has 3 nitrogen and oxygen atoms in total. The summed E-state index contributed by atoms with van der Waals surface area (Å²) in [6.45, 7) is 2.88. The van der Waals surface area contributed by atoms with Crippen LogP contribution in [0.25, 0.3) is 10.9 Å². The summed E-state index contributed by atoms with van der Waals surface area (Å²) in [5.41, 5.74) is 4.40. The van der Waals surface area contributed by atoms with Crippen LogP contribution >= 0.6 is 0 Å². The molecule has 0 aliphatic carbocycles. The largest absolute Gasteiger partial charge is 0.392 e. The number of para-hydroxylation sites is 1. The number of pyridine rings is 1. The zero-order chi connectivity index (χ0) is 13.2. The molecule has 0 atom stereocenters. The first-order valence-electron chi connectivity index (χ1n) is 6.36. The van der Waals surface area contributed by atoms with Gasteiger partial charge in [0.25, 0.3) is 0 Å². The predicted molar refractivity (Wildman–Crippen MR) is 75.9 cm³/mol. The fraction of sp³-hybridized carbons (Fsp3) is 0.188. The van der Waals surface area contributed by atoms with E-state index >= 15 is 0 Å². The van der Waals surface area contributed by atoms with Gasteiger partial charge in [-0.1, -0.05) is 24.3 Å². The second-order valence-corrected chi connectivity index (χ2v) is 4.83. The van der Waals surface area contributed by atoms with Crippen LogP contribution in [-0.4, -0.2) is 14.7 Å². The van der Waals surface area contributed by atoms with Crippen molar-refractivity contribution < 1.29 is 5.11 Å². The van der Waals surface area contributed by atoms with Crippen molar-refractivity contribution in [3.05, 3.63) is 65.6 Å². The van der Waals surface area contributed by atoms with Gasteiger partial charge in [0.1, 0.15) is 0 Å². The van der Waals surface area contributed by atoms with E-state index < -0.39 is 0 Å². The van der Waals surface area contributed by atoms with Crippen molar-refractivity contribution in [2.75, 3.05) is 0 Å². The highest BCUT2D eigenvalue weighted by molar-refractivity contribution is 5.83. The van der Waals surface area contributed by atoms with Crippen molar-refractivity contribution in [3.63, 3.8) is 0 Å². The number of aliphatic hydroxyl groups excluding tert-OH is 1. The van der Waals surface area contributed by atoms with E-state index in [-0.39, 0.29) is 6.61 Å². The van der Waals surface area contributed by atoms with Crippen LogP contribution in [0.3, 0.4) is 0 Å². The van der Waals surface area contributed by atoms with Crippen LogP contribution < -0.4 is 0 Å². The first kappa shape index (κ1) is 11.9. The molecule has 3 aromatic rings. The van der Waals surface area contributed by atoms with E-state index in [1.54, 1.807) is 0 Å². The van der Waals surface area contributed by atoms with Crippen LogP contribution in [0.4, 0.5) is 0 Å². The van der Waals surface area contributed by atoms with Gasteiger partial charge >= 0.3 is 0 Å². The maximum absolute atomic E-state index is 9.46. The molecular formula is C16H16N2O. The second kappa shape index (κ2) is 4.86. The fourth-order valence-corrected chi connectivity index (χ4v) is 2.50. The maximum Gasteiger partial charge on any atom is 0.0702 e. The summed E-state index contributed by atoms with van der Waals surface area (Å²) in [4.78, 5) is 4.22. The number of benzene rings is 1. The summed E-state index contributed by atoms with van der Waals surface area (Å²) >= 11 is 0. The Balaban J connectivity index is 2.06. The highest BCUT2D eigenvalue weighted by Gasteiger charge is 2.06. The molecule has 0 spiro atoms. The Morgan fingerprint density at radius 3 is 2.89 bits per heavy atom. The van der Waals surface area contributed by atoms with Crippen molar-refractivity contribution in [1.29, 1.82) is 0 Å². The minimum absolute atomic E-state index is 0.0629. The Hall–Kier alpha value is -2.13. The van der Waals surface area contributed by atoms with Gasteiger partial charge in [-0.2, -0.15) is 0 Å². The molecule has 0 aliphatic heterocycles. The van der Waals surface area contributed by atoms with E-state index in [1.165, 1.54) is 5.56 Å². The van der Waals surface area contributed by atoms with Gasteiger partial charge in [0.2, 0.25) is 0 Å². The van der Waals surface area contributed by atoms with Gasteiger partial charge in [0, 0.05) is 30.7 Å². The monoisotopic (exact) mass is 252 g/mol. The van der Waals surface area contributed by atoms with Gasteiger partial charge in [0.05, 0.1) is 12.1 Å². The molecule has 0 unspecified atom stereocenters. The molecule has 0 aliphatic rings. The third kappa shape index (κ3) is 2.25. The van der Waals surface area contributed by atoms with Crippen molar-refractivity contribution in [2.45, 2.75) is 20.1 Å². The molecule has 1 N–H and O–H groups in total. The Morgan fingerprint density at radius 1 is 1.21 bits per heavy atom. The lowest BCUT2D eigenvalue weighted by molar-refractivity contribution is 0.283. The van der Waals surface area contributed by atoms with Crippen LogP contribution in [0.15, 0.2) is 48.9 Å². The van der Waals surface area contributed by atoms with E-state index in [0.717, 1.165) is 28.6 Å². The first-order valence-corrected chi connectivity index (χ1v) is 6.36. The van der Waals surface area contributed by atoms with Crippen LogP contribution in [0.5, 0.6) is 0 Å². The minimum Gasteiger partial charge on any atom is -0.392 e. The molecule has 19 heavy (non-hydrogen) atoms. The van der Waals surface area contributed by atoms with Gasteiger partial charge in [-0.3, -0.25) is 4.98 Å². The number of aromatic nitrogens is 2. The van der Waals surface area contributed by atoms with Gasteiger partial charge in [-0.15, -0.1) is 0 Å². The quantitative estimate of drug-likeness (QED) is 0.778. The topological polar surface area (TPSA) is 38.0 Å². The standard InChI is InChI=1S/C16H16N2O/c1-12-7-13(9-17-8-12)10-18-6-5-14-3-2-4-15(11-19)16(14)18/h2-9,19H,10-11H2,1H3. The smallest absolute Gasteiger partial charge is 0.0702 e. The van der Waals surface area contributed by atoms with Crippen LogP contribution in [0.1, 0.15) is 16.7 Å². The zero-order valence-corrected chi connectivity index (χ0v) is 10.9. The molecule has 0 saturated heterocycles. The van der Waals surface area contributed by atoms with E-state index in [0.29, 0.717) is 0 Å². The molecule has 0 fully saturated rings. The number of nitrogens with zero attached hydrogens (tertiary/aromatic N) is 2. The van der Waals surface area contributed by atoms with Gasteiger partial charge in [-0.05, 0) is 29.5 Å². The summed E-state index contributed by atoms with van der Waals surface area (Å²) in [5, 5.41) is 10.6. The summed E-state index contributed by atoms with van der Waals surface area (Å²) < 4.78 is 2.16. The van der Waals surface area contributed by atoms with Crippen molar-refractivity contribution >= 4 is 10.9 Å². The maximum atomic E-state index is 9.46. The summed E-state index contributed by atoms with van der Waals surface area (Å²) in [6, 6.07) is 10.2. The third-order valence-corrected chi connectivity index (χ3v) is 3.33. The number of fused-ring (bicyclic) bond motifs is 1. The Morgan fingerprint density at radius 2 is 2.11 bits per heavy atom. The van der Waals surface area contributed by atoms with Crippen LogP contribution in [0.2, 0.25) is 0 Å². The fourth-order valence-electron chi connectivity index (χ4n) is 2.50. The third-order valence-electron chi connectivity index (χ3n) is 3.33. The molecule has 1 aromatic carbocycles. The van der Waals surface area contributed by atoms with E-state index in [4.69, 9.17) is 0 Å². The average molecular weight is 252 g/mol. The predicted octanol–water partition coefficient (Wildman–Crippen LogP) is 2.89. The Kier molecular flexibility index (Phi) is 3.05. The molecule has 2 aromatic heterocycles. The second-order valence-electron chi connectivity index (χ2n) is 4.83.